The third-order valence-corrected chi connectivity index (χ3v) is 4.19. The first kappa shape index (κ1) is 23.2. The summed E-state index contributed by atoms with van der Waals surface area (Å²) in [6.07, 6.45) is 1.92. The molecule has 9 nitrogen and oxygen atoms in total. The molecule has 0 radical (unpaired) electrons. The van der Waals surface area contributed by atoms with Crippen molar-refractivity contribution in [2.75, 3.05) is 33.9 Å². The van der Waals surface area contributed by atoms with Crippen LogP contribution in [0.25, 0.3) is 0 Å². The maximum atomic E-state index is 11.9. The predicted octanol–water partition coefficient (Wildman–Crippen LogP) is 1.63. The molecule has 1 aromatic rings. The third kappa shape index (κ3) is 7.07. The minimum Gasteiger partial charge on any atom is -0.493 e. The molecular weight excluding hydrogens is 370 g/mol. The van der Waals surface area contributed by atoms with Gasteiger partial charge in [-0.15, -0.1) is 0 Å². The second kappa shape index (κ2) is 11.8. The number of carbonyl (C=O) groups is 3. The van der Waals surface area contributed by atoms with Crippen molar-refractivity contribution in [1.29, 1.82) is 0 Å². The van der Waals surface area contributed by atoms with Gasteiger partial charge >= 0.3 is 17.9 Å². The molecule has 0 aromatic heterocycles. The number of piperidine rings is 1. The van der Waals surface area contributed by atoms with Gasteiger partial charge in [-0.25, -0.2) is 9.59 Å². The number of carbonyl (C=O) groups excluding carboxylic acids is 1. The summed E-state index contributed by atoms with van der Waals surface area (Å²) in [7, 11) is 3.29. The van der Waals surface area contributed by atoms with Crippen LogP contribution in [0, 0.1) is 5.92 Å². The Balaban J connectivity index is 0.000000568. The summed E-state index contributed by atoms with van der Waals surface area (Å²) < 4.78 is 16.0. The highest BCUT2D eigenvalue weighted by atomic mass is 16.5. The third-order valence-electron chi connectivity index (χ3n) is 4.19. The molecule has 2 N–H and O–H groups in total. The standard InChI is InChI=1S/C17H25NO4.C2H2O4/c1-4-22-17(19)14-8-6-10-18(12-14)11-13-7-5-9-15(20-2)16(13)21-3;3-1(4)2(5)6/h5,7,9,14H,4,6,8,10-12H2,1-3H3;(H,3,4)(H,5,6). The van der Waals surface area contributed by atoms with Crippen molar-refractivity contribution in [3.63, 3.8) is 0 Å². The van der Waals surface area contributed by atoms with E-state index in [1.165, 1.54) is 0 Å². The number of hydrogen-bond acceptors (Lipinski definition) is 7. The summed E-state index contributed by atoms with van der Waals surface area (Å²) in [6.45, 7) is 4.75. The van der Waals surface area contributed by atoms with Gasteiger partial charge in [0.15, 0.2) is 11.5 Å². The predicted molar refractivity (Wildman–Crippen MR) is 99.5 cm³/mol. The fourth-order valence-electron chi connectivity index (χ4n) is 2.97. The second-order valence-corrected chi connectivity index (χ2v) is 6.09. The van der Waals surface area contributed by atoms with Gasteiger partial charge in [-0.1, -0.05) is 12.1 Å². The van der Waals surface area contributed by atoms with Crippen molar-refractivity contribution < 1.29 is 38.8 Å². The monoisotopic (exact) mass is 397 g/mol. The molecule has 28 heavy (non-hydrogen) atoms. The first-order chi connectivity index (χ1) is 13.3. The van der Waals surface area contributed by atoms with E-state index in [9.17, 15) is 4.79 Å². The summed E-state index contributed by atoms with van der Waals surface area (Å²) in [6, 6.07) is 5.89. The summed E-state index contributed by atoms with van der Waals surface area (Å²) in [5, 5.41) is 14.8. The van der Waals surface area contributed by atoms with Crippen molar-refractivity contribution in [3.05, 3.63) is 23.8 Å². The van der Waals surface area contributed by atoms with Crippen molar-refractivity contribution in [2.24, 2.45) is 5.92 Å². The van der Waals surface area contributed by atoms with Gasteiger partial charge in [-0.3, -0.25) is 9.69 Å². The zero-order chi connectivity index (χ0) is 21.1. The van der Waals surface area contributed by atoms with Gasteiger partial charge in [0.1, 0.15) is 0 Å². The maximum Gasteiger partial charge on any atom is 0.414 e. The van der Waals surface area contributed by atoms with Crippen LogP contribution in [0.15, 0.2) is 18.2 Å². The topological polar surface area (TPSA) is 123 Å². The van der Waals surface area contributed by atoms with E-state index in [2.05, 4.69) is 4.90 Å². The number of nitrogens with zero attached hydrogens (tertiary/aromatic N) is 1. The summed E-state index contributed by atoms with van der Waals surface area (Å²) >= 11 is 0. The van der Waals surface area contributed by atoms with E-state index in [-0.39, 0.29) is 11.9 Å². The van der Waals surface area contributed by atoms with Gasteiger partial charge in [0.05, 0.1) is 26.7 Å². The molecule has 1 unspecified atom stereocenters. The van der Waals surface area contributed by atoms with Gasteiger partial charge in [-0.2, -0.15) is 0 Å². The number of carboxylic acid groups (broad SMARTS) is 2. The zero-order valence-electron chi connectivity index (χ0n) is 16.3. The Morgan fingerprint density at radius 1 is 1.14 bits per heavy atom. The van der Waals surface area contributed by atoms with Crippen LogP contribution >= 0.6 is 0 Å². The van der Waals surface area contributed by atoms with E-state index in [1.54, 1.807) is 14.2 Å². The van der Waals surface area contributed by atoms with Crippen LogP contribution in [0.4, 0.5) is 0 Å². The van der Waals surface area contributed by atoms with E-state index in [4.69, 9.17) is 34.0 Å². The van der Waals surface area contributed by atoms with Gasteiger partial charge in [0, 0.05) is 18.7 Å². The van der Waals surface area contributed by atoms with Crippen LogP contribution in [0.1, 0.15) is 25.3 Å². The fourth-order valence-corrected chi connectivity index (χ4v) is 2.97. The van der Waals surface area contributed by atoms with E-state index in [0.717, 1.165) is 49.5 Å². The lowest BCUT2D eigenvalue weighted by molar-refractivity contribution is -0.159. The van der Waals surface area contributed by atoms with Crippen LogP contribution in [-0.2, 0) is 25.7 Å². The Hall–Kier alpha value is -2.81. The second-order valence-electron chi connectivity index (χ2n) is 6.09. The van der Waals surface area contributed by atoms with Gasteiger partial charge in [0.25, 0.3) is 0 Å². The molecule has 1 aliphatic rings. The molecule has 0 saturated carbocycles. The molecule has 0 bridgehead atoms. The smallest absolute Gasteiger partial charge is 0.414 e. The summed E-state index contributed by atoms with van der Waals surface area (Å²) in [4.78, 5) is 32.4. The van der Waals surface area contributed by atoms with Crippen LogP contribution in [0.5, 0.6) is 11.5 Å². The van der Waals surface area contributed by atoms with E-state index < -0.39 is 11.9 Å². The number of hydrogen-bond donors (Lipinski definition) is 2. The molecular formula is C19H27NO8. The maximum absolute atomic E-state index is 11.9. The molecule has 2 rings (SSSR count). The molecule has 0 spiro atoms. The minimum atomic E-state index is -1.82. The molecule has 156 valence electrons. The number of benzene rings is 1. The molecule has 1 saturated heterocycles. The average Bonchev–Trinajstić information content (AvgIpc) is 2.68. The molecule has 0 amide bonds. The molecule has 1 aromatic carbocycles. The lowest BCUT2D eigenvalue weighted by Crippen LogP contribution is -2.39. The molecule has 9 heteroatoms. The van der Waals surface area contributed by atoms with Gasteiger partial charge in [0.2, 0.25) is 0 Å². The van der Waals surface area contributed by atoms with Gasteiger partial charge < -0.3 is 24.4 Å². The quantitative estimate of drug-likeness (QED) is 0.544. The fraction of sp³-hybridized carbons (Fsp3) is 0.526. The average molecular weight is 397 g/mol. The lowest BCUT2D eigenvalue weighted by atomic mass is 9.97. The highest BCUT2D eigenvalue weighted by molar-refractivity contribution is 6.27. The summed E-state index contributed by atoms with van der Waals surface area (Å²) in [5.74, 6) is -2.25. The number of methoxy groups -OCH3 is 2. The molecule has 1 heterocycles. The van der Waals surface area contributed by atoms with E-state index in [0.29, 0.717) is 6.61 Å². The van der Waals surface area contributed by atoms with Crippen molar-refractivity contribution >= 4 is 17.9 Å². The summed E-state index contributed by atoms with van der Waals surface area (Å²) in [5.41, 5.74) is 1.08. The van der Waals surface area contributed by atoms with E-state index in [1.807, 2.05) is 25.1 Å². The molecule has 1 fully saturated rings. The number of esters is 1. The Bertz CT molecular complexity index is 664. The lowest BCUT2D eigenvalue weighted by Gasteiger charge is -2.31. The number of aliphatic carboxylic acids is 2. The van der Waals surface area contributed by atoms with Gasteiger partial charge in [-0.05, 0) is 32.4 Å². The first-order valence-electron chi connectivity index (χ1n) is 8.89. The van der Waals surface area contributed by atoms with Crippen LogP contribution in [0.2, 0.25) is 0 Å². The highest BCUT2D eigenvalue weighted by Gasteiger charge is 2.27. The van der Waals surface area contributed by atoms with Crippen molar-refractivity contribution in [2.45, 2.75) is 26.3 Å². The SMILES string of the molecule is CCOC(=O)C1CCCN(Cc2cccc(OC)c2OC)C1.O=C(O)C(=O)O. The molecule has 1 aliphatic heterocycles. The molecule has 1 atom stereocenters. The van der Waals surface area contributed by atoms with Crippen molar-refractivity contribution in [1.82, 2.24) is 4.90 Å². The van der Waals surface area contributed by atoms with Crippen LogP contribution in [0.3, 0.4) is 0 Å². The number of ether oxygens (including phenoxy) is 3. The first-order valence-corrected chi connectivity index (χ1v) is 8.89. The normalized spacial score (nSPS) is 16.3. The largest absolute Gasteiger partial charge is 0.493 e. The van der Waals surface area contributed by atoms with E-state index >= 15 is 0 Å². The van der Waals surface area contributed by atoms with Crippen LogP contribution < -0.4 is 9.47 Å². The Morgan fingerprint density at radius 2 is 1.82 bits per heavy atom. The zero-order valence-corrected chi connectivity index (χ0v) is 16.3. The Morgan fingerprint density at radius 3 is 2.36 bits per heavy atom. The molecule has 0 aliphatic carbocycles. The number of para-hydroxylation sites is 1. The number of rotatable bonds is 6. The number of likely N-dealkylation sites (tertiary alicyclic amines) is 1. The Labute approximate surface area is 163 Å². The van der Waals surface area contributed by atoms with Crippen molar-refractivity contribution in [3.8, 4) is 11.5 Å². The highest BCUT2D eigenvalue weighted by Crippen LogP contribution is 2.32. The number of carboxylic acids is 2. The Kier molecular flexibility index (Phi) is 9.80. The van der Waals surface area contributed by atoms with Crippen LogP contribution in [-0.4, -0.2) is 66.9 Å². The minimum absolute atomic E-state index is 0.0229.